The van der Waals surface area contributed by atoms with Crippen molar-refractivity contribution in [3.05, 3.63) is 36.0 Å². The molecule has 26 heavy (non-hydrogen) atoms. The van der Waals surface area contributed by atoms with E-state index in [2.05, 4.69) is 20.8 Å². The lowest BCUT2D eigenvalue weighted by Gasteiger charge is -2.23. The fourth-order valence-electron chi connectivity index (χ4n) is 2.42. The minimum atomic E-state index is -0.813. The number of hydrazone groups is 1. The molecule has 2 aromatic rings. The summed E-state index contributed by atoms with van der Waals surface area (Å²) >= 11 is 0. The number of H-pyrrole nitrogens is 1. The van der Waals surface area contributed by atoms with Crippen LogP contribution in [0.25, 0.3) is 10.9 Å². The number of aromatic nitrogens is 1. The van der Waals surface area contributed by atoms with E-state index in [-0.39, 0.29) is 0 Å². The number of nitrogens with zero attached hydrogens (tertiary/aromatic N) is 1. The van der Waals surface area contributed by atoms with Gasteiger partial charge in [-0.05, 0) is 46.2 Å². The molecule has 1 aromatic heterocycles. The number of alkyl carbamates (subject to hydrolysis) is 1. The molecule has 3 N–H and O–H groups in total. The van der Waals surface area contributed by atoms with Crippen LogP contribution in [0.2, 0.25) is 0 Å². The van der Waals surface area contributed by atoms with Gasteiger partial charge in [-0.15, -0.1) is 0 Å². The summed E-state index contributed by atoms with van der Waals surface area (Å²) < 4.78 is 5.28. The van der Waals surface area contributed by atoms with Crippen LogP contribution in [0.4, 0.5) is 4.79 Å². The number of ether oxygens (including phenoxy) is 1. The first-order valence-corrected chi connectivity index (χ1v) is 8.51. The number of para-hydroxylation sites is 1. The Morgan fingerprint density at radius 2 is 1.92 bits per heavy atom. The highest BCUT2D eigenvalue weighted by molar-refractivity contribution is 5.89. The molecule has 0 aliphatic carbocycles. The van der Waals surface area contributed by atoms with Gasteiger partial charge in [0.05, 0.1) is 0 Å². The zero-order chi connectivity index (χ0) is 19.3. The van der Waals surface area contributed by atoms with E-state index in [0.29, 0.717) is 12.1 Å². The van der Waals surface area contributed by atoms with Gasteiger partial charge in [0.15, 0.2) is 0 Å². The third-order valence-electron chi connectivity index (χ3n) is 3.50. The van der Waals surface area contributed by atoms with Gasteiger partial charge in [0.25, 0.3) is 5.91 Å². The van der Waals surface area contributed by atoms with Crippen LogP contribution in [0, 0.1) is 0 Å². The van der Waals surface area contributed by atoms with E-state index in [9.17, 15) is 9.59 Å². The molecule has 0 bridgehead atoms. The largest absolute Gasteiger partial charge is 0.444 e. The second-order valence-corrected chi connectivity index (χ2v) is 7.30. The van der Waals surface area contributed by atoms with Gasteiger partial charge in [-0.2, -0.15) is 5.10 Å². The lowest BCUT2D eigenvalue weighted by molar-refractivity contribution is -0.123. The Morgan fingerprint density at radius 3 is 2.58 bits per heavy atom. The van der Waals surface area contributed by atoms with E-state index < -0.39 is 23.6 Å². The van der Waals surface area contributed by atoms with Gasteiger partial charge in [0, 0.05) is 29.2 Å². The zero-order valence-electron chi connectivity index (χ0n) is 15.8. The van der Waals surface area contributed by atoms with Crippen molar-refractivity contribution in [1.82, 2.24) is 15.7 Å². The van der Waals surface area contributed by atoms with Crippen LogP contribution in [0.1, 0.15) is 40.2 Å². The maximum absolute atomic E-state index is 12.5. The molecule has 140 valence electrons. The highest BCUT2D eigenvalue weighted by atomic mass is 16.6. The van der Waals surface area contributed by atoms with Crippen molar-refractivity contribution in [2.75, 3.05) is 0 Å². The number of aromatic amines is 1. The van der Waals surface area contributed by atoms with Crippen molar-refractivity contribution in [2.45, 2.75) is 52.7 Å². The number of amides is 2. The Bertz CT molecular complexity index is 814. The van der Waals surface area contributed by atoms with Crippen LogP contribution in [-0.4, -0.2) is 34.3 Å². The average Bonchev–Trinajstić information content (AvgIpc) is 2.93. The van der Waals surface area contributed by atoms with Crippen molar-refractivity contribution >= 4 is 28.6 Å². The maximum atomic E-state index is 12.5. The molecule has 2 amide bonds. The van der Waals surface area contributed by atoms with Gasteiger partial charge in [0.1, 0.15) is 11.6 Å². The summed E-state index contributed by atoms with van der Waals surface area (Å²) in [4.78, 5) is 27.8. The molecular formula is C19H26N4O3. The van der Waals surface area contributed by atoms with Crippen molar-refractivity contribution in [3.63, 3.8) is 0 Å². The number of nitrogens with one attached hydrogen (secondary N) is 3. The smallest absolute Gasteiger partial charge is 0.408 e. The minimum absolute atomic E-state index is 0.313. The zero-order valence-corrected chi connectivity index (χ0v) is 15.8. The molecule has 0 unspecified atom stereocenters. The predicted molar refractivity (Wildman–Crippen MR) is 102 cm³/mol. The van der Waals surface area contributed by atoms with Gasteiger partial charge in [-0.3, -0.25) is 4.79 Å². The summed E-state index contributed by atoms with van der Waals surface area (Å²) in [6.45, 7) is 8.86. The number of carbonyl (C=O) groups is 2. The fourth-order valence-corrected chi connectivity index (χ4v) is 2.42. The standard InChI is InChI=1S/C19H26N4O3/c1-12(2)22-23-17(24)16(21-18(25)26-19(3,4)5)10-13-11-20-15-9-7-6-8-14(13)15/h6-9,11,16,20H,10H2,1-5H3,(H,21,25)(H,23,24)/t16-/m0/s1. The number of hydrogen-bond acceptors (Lipinski definition) is 4. The highest BCUT2D eigenvalue weighted by Crippen LogP contribution is 2.19. The number of fused-ring (bicyclic) bond motifs is 1. The summed E-state index contributed by atoms with van der Waals surface area (Å²) in [6, 6.07) is 6.98. The molecule has 0 fully saturated rings. The van der Waals surface area contributed by atoms with Gasteiger partial charge >= 0.3 is 6.09 Å². The summed E-state index contributed by atoms with van der Waals surface area (Å²) in [5, 5.41) is 7.59. The molecule has 0 aliphatic heterocycles. The Kier molecular flexibility index (Phi) is 6.02. The molecule has 1 atom stereocenters. The summed E-state index contributed by atoms with van der Waals surface area (Å²) in [6.07, 6.45) is 1.51. The third-order valence-corrected chi connectivity index (χ3v) is 3.50. The number of carbonyl (C=O) groups excluding carboxylic acids is 2. The van der Waals surface area contributed by atoms with E-state index in [1.54, 1.807) is 34.6 Å². The molecule has 0 saturated heterocycles. The van der Waals surface area contributed by atoms with E-state index in [0.717, 1.165) is 16.5 Å². The topological polar surface area (TPSA) is 95.6 Å². The molecule has 7 heteroatoms. The first-order chi connectivity index (χ1) is 12.2. The summed E-state index contributed by atoms with van der Waals surface area (Å²) in [5.74, 6) is -0.401. The van der Waals surface area contributed by atoms with Crippen molar-refractivity contribution in [1.29, 1.82) is 0 Å². The molecule has 0 radical (unpaired) electrons. The van der Waals surface area contributed by atoms with Crippen molar-refractivity contribution < 1.29 is 14.3 Å². The van der Waals surface area contributed by atoms with Crippen LogP contribution in [-0.2, 0) is 16.0 Å². The van der Waals surface area contributed by atoms with Gasteiger partial charge in [0.2, 0.25) is 0 Å². The van der Waals surface area contributed by atoms with Crippen LogP contribution in [0.5, 0.6) is 0 Å². The Morgan fingerprint density at radius 1 is 1.23 bits per heavy atom. The van der Waals surface area contributed by atoms with E-state index in [4.69, 9.17) is 4.74 Å². The SMILES string of the molecule is CC(C)=NNC(=O)[C@H](Cc1c[nH]c2ccccc12)NC(=O)OC(C)(C)C. The lowest BCUT2D eigenvalue weighted by atomic mass is 10.0. The molecule has 0 spiro atoms. The van der Waals surface area contributed by atoms with Crippen molar-refractivity contribution in [2.24, 2.45) is 5.10 Å². The molecule has 2 rings (SSSR count). The summed E-state index contributed by atoms with van der Waals surface area (Å²) in [7, 11) is 0. The second-order valence-electron chi connectivity index (χ2n) is 7.30. The Labute approximate surface area is 153 Å². The first-order valence-electron chi connectivity index (χ1n) is 8.51. The fraction of sp³-hybridized carbons (Fsp3) is 0.421. The average molecular weight is 358 g/mol. The summed E-state index contributed by atoms with van der Waals surface area (Å²) in [5.41, 5.74) is 4.44. The lowest BCUT2D eigenvalue weighted by Crippen LogP contribution is -2.48. The minimum Gasteiger partial charge on any atom is -0.444 e. The highest BCUT2D eigenvalue weighted by Gasteiger charge is 2.25. The molecule has 1 heterocycles. The first kappa shape index (κ1) is 19.5. The Hall–Kier alpha value is -2.83. The molecule has 7 nitrogen and oxygen atoms in total. The second kappa shape index (κ2) is 8.03. The van der Waals surface area contributed by atoms with Crippen LogP contribution in [0.3, 0.4) is 0 Å². The number of hydrogen-bond donors (Lipinski definition) is 3. The predicted octanol–water partition coefficient (Wildman–Crippen LogP) is 3.12. The molecular weight excluding hydrogens is 332 g/mol. The van der Waals surface area contributed by atoms with E-state index >= 15 is 0 Å². The Balaban J connectivity index is 2.20. The van der Waals surface area contributed by atoms with E-state index in [1.807, 2.05) is 30.5 Å². The maximum Gasteiger partial charge on any atom is 0.408 e. The number of benzene rings is 1. The molecule has 0 aliphatic rings. The van der Waals surface area contributed by atoms with E-state index in [1.165, 1.54) is 0 Å². The number of rotatable bonds is 5. The monoisotopic (exact) mass is 358 g/mol. The van der Waals surface area contributed by atoms with Gasteiger partial charge in [-0.25, -0.2) is 10.2 Å². The van der Waals surface area contributed by atoms with Crippen LogP contribution >= 0.6 is 0 Å². The normalized spacial score (nSPS) is 12.3. The van der Waals surface area contributed by atoms with Crippen molar-refractivity contribution in [3.8, 4) is 0 Å². The van der Waals surface area contributed by atoms with Crippen LogP contribution < -0.4 is 10.7 Å². The quantitative estimate of drug-likeness (QED) is 0.566. The molecule has 1 aromatic carbocycles. The van der Waals surface area contributed by atoms with Gasteiger partial charge < -0.3 is 15.0 Å². The third kappa shape index (κ3) is 5.61. The molecule has 0 saturated carbocycles. The van der Waals surface area contributed by atoms with Gasteiger partial charge in [-0.1, -0.05) is 18.2 Å². The van der Waals surface area contributed by atoms with Crippen LogP contribution in [0.15, 0.2) is 35.6 Å².